The Morgan fingerprint density at radius 3 is 2.44 bits per heavy atom. The number of benzene rings is 2. The van der Waals surface area contributed by atoms with Crippen molar-refractivity contribution in [2.24, 2.45) is 5.73 Å². The average molecular weight is 384 g/mol. The summed E-state index contributed by atoms with van der Waals surface area (Å²) in [5, 5.41) is 12.4. The van der Waals surface area contributed by atoms with Crippen molar-refractivity contribution >= 4 is 23.2 Å². The number of anilines is 1. The SMILES string of the molecule is CC(C)(Cn1cc(CNc2ccc(C(N)=O)cc2)nn1)c1ccc(Cl)cc1. The first-order valence-corrected chi connectivity index (χ1v) is 9.00. The highest BCUT2D eigenvalue weighted by molar-refractivity contribution is 6.30. The van der Waals surface area contributed by atoms with Crippen LogP contribution in [0.2, 0.25) is 5.02 Å². The van der Waals surface area contributed by atoms with Gasteiger partial charge in [0, 0.05) is 21.7 Å². The molecular weight excluding hydrogens is 362 g/mol. The van der Waals surface area contributed by atoms with E-state index in [4.69, 9.17) is 17.3 Å². The van der Waals surface area contributed by atoms with E-state index in [1.165, 1.54) is 5.56 Å². The average Bonchev–Trinajstić information content (AvgIpc) is 3.07. The van der Waals surface area contributed by atoms with Crippen molar-refractivity contribution in [2.75, 3.05) is 5.32 Å². The van der Waals surface area contributed by atoms with Crippen LogP contribution in [0.4, 0.5) is 5.69 Å². The Kier molecular flexibility index (Phi) is 5.46. The third kappa shape index (κ3) is 4.86. The lowest BCUT2D eigenvalue weighted by atomic mass is 9.85. The van der Waals surface area contributed by atoms with Gasteiger partial charge in [0.1, 0.15) is 5.69 Å². The normalized spacial score (nSPS) is 11.4. The third-order valence-corrected chi connectivity index (χ3v) is 4.66. The molecule has 7 heteroatoms. The number of nitrogens with two attached hydrogens (primary N) is 1. The summed E-state index contributed by atoms with van der Waals surface area (Å²) in [4.78, 5) is 11.1. The van der Waals surface area contributed by atoms with Crippen molar-refractivity contribution in [3.63, 3.8) is 0 Å². The summed E-state index contributed by atoms with van der Waals surface area (Å²) in [6.45, 7) is 5.57. The minimum Gasteiger partial charge on any atom is -0.379 e. The quantitative estimate of drug-likeness (QED) is 0.652. The maximum atomic E-state index is 11.1. The van der Waals surface area contributed by atoms with Crippen molar-refractivity contribution in [1.29, 1.82) is 0 Å². The summed E-state index contributed by atoms with van der Waals surface area (Å²) < 4.78 is 1.85. The maximum absolute atomic E-state index is 11.1. The van der Waals surface area contributed by atoms with Crippen molar-refractivity contribution in [3.8, 4) is 0 Å². The largest absolute Gasteiger partial charge is 0.379 e. The van der Waals surface area contributed by atoms with Gasteiger partial charge in [0.2, 0.25) is 5.91 Å². The highest BCUT2D eigenvalue weighted by Crippen LogP contribution is 2.26. The first-order chi connectivity index (χ1) is 12.8. The Bertz CT molecular complexity index is 916. The Labute approximate surface area is 163 Å². The second kappa shape index (κ2) is 7.80. The predicted octanol–water partition coefficient (Wildman–Crippen LogP) is 3.62. The molecule has 2 aromatic carbocycles. The highest BCUT2D eigenvalue weighted by Gasteiger charge is 2.22. The summed E-state index contributed by atoms with van der Waals surface area (Å²) in [5.74, 6) is -0.437. The highest BCUT2D eigenvalue weighted by atomic mass is 35.5. The minimum atomic E-state index is -0.437. The lowest BCUT2D eigenvalue weighted by molar-refractivity contribution is 0.100. The molecule has 3 aromatic rings. The molecule has 0 aliphatic heterocycles. The number of carbonyl (C=O) groups excluding carboxylic acids is 1. The first-order valence-electron chi connectivity index (χ1n) is 8.62. The number of aromatic nitrogens is 3. The van der Waals surface area contributed by atoms with E-state index in [0.717, 1.165) is 16.4 Å². The lowest BCUT2D eigenvalue weighted by Crippen LogP contribution is -2.24. The molecule has 0 atom stereocenters. The van der Waals surface area contributed by atoms with Crippen LogP contribution in [0.3, 0.4) is 0 Å². The molecule has 0 spiro atoms. The summed E-state index contributed by atoms with van der Waals surface area (Å²) in [7, 11) is 0. The van der Waals surface area contributed by atoms with Gasteiger partial charge in [-0.05, 0) is 42.0 Å². The third-order valence-electron chi connectivity index (χ3n) is 4.41. The monoisotopic (exact) mass is 383 g/mol. The molecule has 3 rings (SSSR count). The number of nitrogens with zero attached hydrogens (tertiary/aromatic N) is 3. The summed E-state index contributed by atoms with van der Waals surface area (Å²) >= 11 is 5.98. The number of hydrogen-bond donors (Lipinski definition) is 2. The number of nitrogens with one attached hydrogen (secondary N) is 1. The number of rotatable bonds is 7. The van der Waals surface area contributed by atoms with Gasteiger partial charge >= 0.3 is 0 Å². The first kappa shape index (κ1) is 18.9. The summed E-state index contributed by atoms with van der Waals surface area (Å²) in [5.41, 5.74) is 8.53. The molecule has 0 fully saturated rings. The Morgan fingerprint density at radius 2 is 1.81 bits per heavy atom. The van der Waals surface area contributed by atoms with Gasteiger partial charge in [0.15, 0.2) is 0 Å². The number of hydrogen-bond acceptors (Lipinski definition) is 4. The fourth-order valence-electron chi connectivity index (χ4n) is 2.84. The maximum Gasteiger partial charge on any atom is 0.248 e. The van der Waals surface area contributed by atoms with Crippen LogP contribution in [-0.2, 0) is 18.5 Å². The molecule has 0 bridgehead atoms. The molecule has 0 aliphatic carbocycles. The Morgan fingerprint density at radius 1 is 1.15 bits per heavy atom. The fraction of sp³-hybridized carbons (Fsp3) is 0.250. The van der Waals surface area contributed by atoms with Crippen LogP contribution < -0.4 is 11.1 Å². The predicted molar refractivity (Wildman–Crippen MR) is 107 cm³/mol. The zero-order valence-corrected chi connectivity index (χ0v) is 16.1. The molecule has 0 saturated heterocycles. The molecular formula is C20H22ClN5O. The molecule has 0 saturated carbocycles. The second-order valence-electron chi connectivity index (χ2n) is 7.09. The van der Waals surface area contributed by atoms with Crippen molar-refractivity contribution < 1.29 is 4.79 Å². The smallest absolute Gasteiger partial charge is 0.248 e. The van der Waals surface area contributed by atoms with E-state index in [9.17, 15) is 4.79 Å². The zero-order chi connectivity index (χ0) is 19.4. The van der Waals surface area contributed by atoms with Crippen LogP contribution in [0.25, 0.3) is 0 Å². The summed E-state index contributed by atoms with van der Waals surface area (Å²) in [6, 6.07) is 14.9. The molecule has 0 unspecified atom stereocenters. The van der Waals surface area contributed by atoms with Gasteiger partial charge in [0.25, 0.3) is 0 Å². The van der Waals surface area contributed by atoms with E-state index in [-0.39, 0.29) is 5.41 Å². The molecule has 0 aliphatic rings. The number of halogens is 1. The van der Waals surface area contributed by atoms with Crippen molar-refractivity contribution in [3.05, 3.63) is 76.6 Å². The van der Waals surface area contributed by atoms with E-state index in [1.807, 2.05) is 47.3 Å². The van der Waals surface area contributed by atoms with Gasteiger partial charge in [-0.1, -0.05) is 42.8 Å². The van der Waals surface area contributed by atoms with Crippen molar-refractivity contribution in [1.82, 2.24) is 15.0 Å². The van der Waals surface area contributed by atoms with Crippen LogP contribution in [0.5, 0.6) is 0 Å². The van der Waals surface area contributed by atoms with Gasteiger partial charge in [-0.15, -0.1) is 5.10 Å². The fourth-order valence-corrected chi connectivity index (χ4v) is 2.97. The molecule has 140 valence electrons. The molecule has 3 N–H and O–H groups in total. The second-order valence-corrected chi connectivity index (χ2v) is 7.53. The molecule has 6 nitrogen and oxygen atoms in total. The summed E-state index contributed by atoms with van der Waals surface area (Å²) in [6.07, 6.45) is 1.93. The van der Waals surface area contributed by atoms with Crippen molar-refractivity contribution in [2.45, 2.75) is 32.4 Å². The van der Waals surface area contributed by atoms with E-state index < -0.39 is 5.91 Å². The molecule has 1 amide bonds. The molecule has 0 radical (unpaired) electrons. The van der Waals surface area contributed by atoms with Gasteiger partial charge < -0.3 is 11.1 Å². The zero-order valence-electron chi connectivity index (χ0n) is 15.3. The molecule has 1 heterocycles. The number of primary amides is 1. The lowest BCUT2D eigenvalue weighted by Gasteiger charge is -2.24. The van der Waals surface area contributed by atoms with Gasteiger partial charge in [-0.25, -0.2) is 0 Å². The Balaban J connectivity index is 1.61. The Hall–Kier alpha value is -2.86. The minimum absolute atomic E-state index is 0.104. The van der Waals surface area contributed by atoms with E-state index in [2.05, 4.69) is 29.5 Å². The standard InChI is InChI=1S/C20H22ClN5O/c1-20(2,15-5-7-16(21)8-6-15)13-26-12-18(24-25-26)11-23-17-9-3-14(4-10-17)19(22)27/h3-10,12,23H,11,13H2,1-2H3,(H2,22,27). The topological polar surface area (TPSA) is 85.8 Å². The van der Waals surface area contributed by atoms with Crippen LogP contribution in [0, 0.1) is 0 Å². The van der Waals surface area contributed by atoms with Crippen LogP contribution in [-0.4, -0.2) is 20.9 Å². The van der Waals surface area contributed by atoms with E-state index >= 15 is 0 Å². The number of amides is 1. The van der Waals surface area contributed by atoms with Crippen LogP contribution >= 0.6 is 11.6 Å². The van der Waals surface area contributed by atoms with Gasteiger partial charge in [-0.3, -0.25) is 9.48 Å². The molecule has 27 heavy (non-hydrogen) atoms. The van der Waals surface area contributed by atoms with Crippen LogP contribution in [0.1, 0.15) is 35.5 Å². The van der Waals surface area contributed by atoms with Gasteiger partial charge in [-0.2, -0.15) is 0 Å². The van der Waals surface area contributed by atoms with Gasteiger partial charge in [0.05, 0.1) is 19.3 Å². The van der Waals surface area contributed by atoms with Crippen LogP contribution in [0.15, 0.2) is 54.7 Å². The number of carbonyl (C=O) groups is 1. The molecule has 1 aromatic heterocycles. The van der Waals surface area contributed by atoms with E-state index in [0.29, 0.717) is 18.7 Å². The van der Waals surface area contributed by atoms with E-state index in [1.54, 1.807) is 12.1 Å².